The molecule has 10 rings (SSSR count). The molecule has 1 N–H and O–H groups in total. The summed E-state index contributed by atoms with van der Waals surface area (Å²) in [4.78, 5) is 5.47. The molecule has 7 aromatic rings. The molecule has 0 radical (unpaired) electrons. The molecular formula is C49H38N2S. The molecule has 1 aliphatic heterocycles. The first-order chi connectivity index (χ1) is 25.7. The molecule has 6 aromatic carbocycles. The van der Waals surface area contributed by atoms with Gasteiger partial charge in [-0.25, -0.2) is 0 Å². The Hall–Kier alpha value is -5.77. The maximum atomic E-state index is 5.47. The number of thiophene rings is 1. The molecule has 2 heterocycles. The zero-order chi connectivity index (χ0) is 34.6. The van der Waals surface area contributed by atoms with Crippen LogP contribution in [0.4, 0.5) is 0 Å². The fourth-order valence-corrected chi connectivity index (χ4v) is 9.62. The van der Waals surface area contributed by atoms with E-state index in [-0.39, 0.29) is 6.17 Å². The summed E-state index contributed by atoms with van der Waals surface area (Å²) in [5, 5.41) is 6.56. The molecule has 1 aromatic heterocycles. The van der Waals surface area contributed by atoms with Gasteiger partial charge in [-0.1, -0.05) is 152 Å². The van der Waals surface area contributed by atoms with Crippen molar-refractivity contribution in [3.63, 3.8) is 0 Å². The highest BCUT2D eigenvalue weighted by Crippen LogP contribution is 2.42. The summed E-state index contributed by atoms with van der Waals surface area (Å²) >= 11 is 1.87. The third-order valence-electron chi connectivity index (χ3n) is 11.3. The van der Waals surface area contributed by atoms with Gasteiger partial charge < -0.3 is 5.32 Å². The van der Waals surface area contributed by atoms with Gasteiger partial charge in [-0.15, -0.1) is 11.3 Å². The van der Waals surface area contributed by atoms with Crippen molar-refractivity contribution >= 4 is 42.9 Å². The second-order valence-electron chi connectivity index (χ2n) is 14.3. The Morgan fingerprint density at radius 3 is 2.12 bits per heavy atom. The van der Waals surface area contributed by atoms with Crippen molar-refractivity contribution in [3.05, 3.63) is 197 Å². The van der Waals surface area contributed by atoms with E-state index < -0.39 is 0 Å². The van der Waals surface area contributed by atoms with Gasteiger partial charge in [-0.3, -0.25) is 4.99 Å². The maximum Gasteiger partial charge on any atom is 0.145 e. The van der Waals surface area contributed by atoms with Crippen LogP contribution in [0.25, 0.3) is 48.1 Å². The lowest BCUT2D eigenvalue weighted by molar-refractivity contribution is 0.498. The zero-order valence-corrected chi connectivity index (χ0v) is 29.9. The highest BCUT2D eigenvalue weighted by molar-refractivity contribution is 7.25. The molecule has 2 aliphatic carbocycles. The summed E-state index contributed by atoms with van der Waals surface area (Å²) < 4.78 is 2.66. The van der Waals surface area contributed by atoms with Crippen molar-refractivity contribution in [2.24, 2.45) is 10.9 Å². The first-order valence-electron chi connectivity index (χ1n) is 18.4. The van der Waals surface area contributed by atoms with Crippen LogP contribution in [0.5, 0.6) is 0 Å². The number of aliphatic imine (C=N–C) groups is 1. The molecule has 0 bridgehead atoms. The number of allylic oxidation sites excluding steroid dienone is 5. The molecule has 52 heavy (non-hydrogen) atoms. The minimum Gasteiger partial charge on any atom is -0.359 e. The lowest BCUT2D eigenvalue weighted by Gasteiger charge is -2.33. The number of hydrogen-bond acceptors (Lipinski definition) is 3. The van der Waals surface area contributed by atoms with E-state index in [0.29, 0.717) is 11.8 Å². The number of nitrogens with one attached hydrogen (secondary N) is 1. The maximum absolute atomic E-state index is 5.47. The molecule has 0 amide bonds. The van der Waals surface area contributed by atoms with Crippen LogP contribution in [0.1, 0.15) is 53.2 Å². The van der Waals surface area contributed by atoms with E-state index in [4.69, 9.17) is 4.99 Å². The molecule has 0 spiro atoms. The Bertz CT molecular complexity index is 2600. The second kappa shape index (κ2) is 12.8. The van der Waals surface area contributed by atoms with Gasteiger partial charge in [0.1, 0.15) is 6.17 Å². The van der Waals surface area contributed by atoms with Crippen molar-refractivity contribution < 1.29 is 0 Å². The highest BCUT2D eigenvalue weighted by atomic mass is 32.1. The Balaban J connectivity index is 1.02. The minimum absolute atomic E-state index is 0.192. The normalized spacial score (nSPS) is 19.3. The van der Waals surface area contributed by atoms with Gasteiger partial charge in [0.15, 0.2) is 0 Å². The van der Waals surface area contributed by atoms with E-state index in [2.05, 4.69) is 176 Å². The lowest BCUT2D eigenvalue weighted by atomic mass is 9.73. The molecule has 0 saturated heterocycles. The monoisotopic (exact) mass is 686 g/mol. The molecule has 3 heteroatoms. The molecule has 250 valence electrons. The minimum atomic E-state index is -0.192. The van der Waals surface area contributed by atoms with Gasteiger partial charge in [0.2, 0.25) is 0 Å². The molecule has 0 fully saturated rings. The van der Waals surface area contributed by atoms with Gasteiger partial charge in [0, 0.05) is 37.4 Å². The van der Waals surface area contributed by atoms with Crippen LogP contribution in [-0.2, 0) is 6.42 Å². The van der Waals surface area contributed by atoms with Gasteiger partial charge >= 0.3 is 0 Å². The summed E-state index contributed by atoms with van der Waals surface area (Å²) in [6, 6.07) is 51.2. The van der Waals surface area contributed by atoms with Crippen LogP contribution >= 0.6 is 11.3 Å². The van der Waals surface area contributed by atoms with E-state index in [0.717, 1.165) is 29.0 Å². The SMILES string of the molecule is CC1=C(c2ccc(-c3ccccc3)cc2)NC(c2ccc3c(c2)CCC2C=CC=CC32)N=C1c1ccc(-c2ccc3c(c2)sc2ccccc23)cc1. The molecule has 3 aliphatic rings. The third-order valence-corrected chi connectivity index (χ3v) is 12.4. The van der Waals surface area contributed by atoms with Crippen molar-refractivity contribution in [3.8, 4) is 22.3 Å². The van der Waals surface area contributed by atoms with Crippen LogP contribution in [0.3, 0.4) is 0 Å². The zero-order valence-electron chi connectivity index (χ0n) is 29.1. The summed E-state index contributed by atoms with van der Waals surface area (Å²) in [6.45, 7) is 2.21. The smallest absolute Gasteiger partial charge is 0.145 e. The summed E-state index contributed by atoms with van der Waals surface area (Å²) in [5.74, 6) is 1.08. The summed E-state index contributed by atoms with van der Waals surface area (Å²) in [5.41, 5.74) is 14.7. The largest absolute Gasteiger partial charge is 0.359 e. The Kier molecular flexibility index (Phi) is 7.62. The first-order valence-corrected chi connectivity index (χ1v) is 19.2. The fraction of sp³-hybridized carbons (Fsp3) is 0.122. The van der Waals surface area contributed by atoms with Crippen molar-refractivity contribution in [2.45, 2.75) is 31.8 Å². The van der Waals surface area contributed by atoms with E-state index in [1.165, 1.54) is 71.1 Å². The number of hydrogen-bond donors (Lipinski definition) is 1. The van der Waals surface area contributed by atoms with Gasteiger partial charge in [-0.2, -0.15) is 0 Å². The third kappa shape index (κ3) is 5.44. The predicted molar refractivity (Wildman–Crippen MR) is 221 cm³/mol. The van der Waals surface area contributed by atoms with E-state index in [1.54, 1.807) is 0 Å². The molecular weight excluding hydrogens is 649 g/mol. The van der Waals surface area contributed by atoms with Crippen molar-refractivity contribution in [1.29, 1.82) is 0 Å². The fourth-order valence-electron chi connectivity index (χ4n) is 8.48. The van der Waals surface area contributed by atoms with Crippen molar-refractivity contribution in [2.75, 3.05) is 0 Å². The highest BCUT2D eigenvalue weighted by Gasteiger charge is 2.29. The second-order valence-corrected chi connectivity index (χ2v) is 15.4. The standard InChI is InChI=1S/C49H38N2S/c1-31-47(36-20-15-33(16-21-36)32-9-3-2-4-10-32)50-49(40-26-27-42-39(29-40)24-19-35-11-5-6-12-41(35)42)51-48(31)37-22-17-34(18-23-37)38-25-28-44-43-13-7-8-14-45(43)52-46(44)30-38/h2-18,20-23,25-30,35,41,49-50H,19,24H2,1H3. The molecule has 3 atom stereocenters. The quantitative estimate of drug-likeness (QED) is 0.191. The van der Waals surface area contributed by atoms with Crippen LogP contribution in [0.15, 0.2) is 174 Å². The summed E-state index contributed by atoms with van der Waals surface area (Å²) in [7, 11) is 0. The van der Waals surface area contributed by atoms with Crippen LogP contribution < -0.4 is 5.32 Å². The first kappa shape index (κ1) is 31.0. The van der Waals surface area contributed by atoms with E-state index in [9.17, 15) is 0 Å². The lowest BCUT2D eigenvalue weighted by Crippen LogP contribution is -2.28. The number of rotatable bonds is 5. The number of benzene rings is 6. The Morgan fingerprint density at radius 2 is 1.27 bits per heavy atom. The average Bonchev–Trinajstić information content (AvgIpc) is 3.59. The van der Waals surface area contributed by atoms with Gasteiger partial charge in [0.25, 0.3) is 0 Å². The van der Waals surface area contributed by atoms with Crippen LogP contribution in [-0.4, -0.2) is 5.71 Å². The number of nitrogens with zero attached hydrogens (tertiary/aromatic N) is 1. The molecule has 2 nitrogen and oxygen atoms in total. The van der Waals surface area contributed by atoms with Crippen LogP contribution in [0, 0.1) is 5.92 Å². The van der Waals surface area contributed by atoms with E-state index >= 15 is 0 Å². The molecule has 3 unspecified atom stereocenters. The number of aryl methyl sites for hydroxylation is 1. The van der Waals surface area contributed by atoms with Crippen LogP contribution in [0.2, 0.25) is 0 Å². The van der Waals surface area contributed by atoms with E-state index in [1.807, 2.05) is 11.3 Å². The van der Waals surface area contributed by atoms with Gasteiger partial charge in [-0.05, 0) is 87.9 Å². The topological polar surface area (TPSA) is 24.4 Å². The Morgan fingerprint density at radius 1 is 0.596 bits per heavy atom. The van der Waals surface area contributed by atoms with Crippen molar-refractivity contribution in [1.82, 2.24) is 5.32 Å². The van der Waals surface area contributed by atoms with Gasteiger partial charge in [0.05, 0.1) is 5.71 Å². The summed E-state index contributed by atoms with van der Waals surface area (Å²) in [6.07, 6.45) is 11.3. The Labute approximate surface area is 309 Å². The predicted octanol–water partition coefficient (Wildman–Crippen LogP) is 12.7. The number of fused-ring (bicyclic) bond motifs is 6. The molecule has 0 saturated carbocycles. The average molecular weight is 687 g/mol.